The molecular weight excluding hydrogens is 462 g/mol. The van der Waals surface area contributed by atoms with Gasteiger partial charge in [0, 0.05) is 35.5 Å². The third-order valence-corrected chi connectivity index (χ3v) is 5.71. The summed E-state index contributed by atoms with van der Waals surface area (Å²) in [7, 11) is 0. The molecule has 2 amide bonds. The Balaban J connectivity index is 1.59. The molecule has 0 aliphatic heterocycles. The maximum Gasteiger partial charge on any atom is 0.258 e. The van der Waals surface area contributed by atoms with E-state index in [4.69, 9.17) is 16.7 Å². The molecule has 0 aliphatic rings. The number of aromatic nitrogens is 2. The van der Waals surface area contributed by atoms with Gasteiger partial charge in [-0.25, -0.2) is 9.97 Å². The van der Waals surface area contributed by atoms with Crippen molar-refractivity contribution in [3.8, 4) is 0 Å². The number of nitrogens with zero attached hydrogens (tertiary/aromatic N) is 2. The van der Waals surface area contributed by atoms with E-state index in [-0.39, 0.29) is 25.0 Å². The summed E-state index contributed by atoms with van der Waals surface area (Å²) in [5.41, 5.74) is 2.03. The van der Waals surface area contributed by atoms with Crippen LogP contribution in [0.3, 0.4) is 0 Å². The van der Waals surface area contributed by atoms with Crippen LogP contribution in [0.1, 0.15) is 22.3 Å². The van der Waals surface area contributed by atoms with Crippen LogP contribution in [0.4, 0.5) is 11.5 Å². The SMILES string of the molecule is O=C(CNCCCO)Nc1cc(CSc2ncccc2C(=O)Nc2ccc(Cl)cc2)ccn1. The van der Waals surface area contributed by atoms with E-state index in [0.717, 1.165) is 5.56 Å². The number of halogens is 1. The minimum Gasteiger partial charge on any atom is -0.396 e. The molecule has 0 atom stereocenters. The summed E-state index contributed by atoms with van der Waals surface area (Å²) in [6.45, 7) is 0.781. The summed E-state index contributed by atoms with van der Waals surface area (Å²) in [4.78, 5) is 33.3. The Labute approximate surface area is 201 Å². The zero-order valence-corrected chi connectivity index (χ0v) is 19.3. The normalized spacial score (nSPS) is 10.6. The molecular formula is C23H24ClN5O3S. The maximum absolute atomic E-state index is 12.8. The Bertz CT molecular complexity index is 1080. The van der Waals surface area contributed by atoms with Gasteiger partial charge in [0.2, 0.25) is 5.91 Å². The molecule has 3 rings (SSSR count). The van der Waals surface area contributed by atoms with Crippen molar-refractivity contribution < 1.29 is 14.7 Å². The zero-order valence-electron chi connectivity index (χ0n) is 17.8. The summed E-state index contributed by atoms with van der Waals surface area (Å²) in [6.07, 6.45) is 3.85. The van der Waals surface area contributed by atoms with Crippen molar-refractivity contribution in [1.29, 1.82) is 0 Å². The predicted molar refractivity (Wildman–Crippen MR) is 131 cm³/mol. The van der Waals surface area contributed by atoms with E-state index >= 15 is 0 Å². The number of anilines is 2. The molecule has 172 valence electrons. The largest absolute Gasteiger partial charge is 0.396 e. The molecule has 3 aromatic rings. The molecule has 2 heterocycles. The van der Waals surface area contributed by atoms with Gasteiger partial charge in [-0.15, -0.1) is 11.8 Å². The smallest absolute Gasteiger partial charge is 0.258 e. The van der Waals surface area contributed by atoms with Crippen molar-refractivity contribution in [3.05, 3.63) is 77.1 Å². The molecule has 8 nitrogen and oxygen atoms in total. The van der Waals surface area contributed by atoms with Crippen molar-refractivity contribution >= 4 is 46.7 Å². The van der Waals surface area contributed by atoms with E-state index in [0.29, 0.717) is 45.8 Å². The second-order valence-electron chi connectivity index (χ2n) is 6.96. The Morgan fingerprint density at radius 3 is 2.64 bits per heavy atom. The molecule has 0 saturated carbocycles. The number of aliphatic hydroxyl groups excluding tert-OH is 1. The summed E-state index contributed by atoms with van der Waals surface area (Å²) < 4.78 is 0. The highest BCUT2D eigenvalue weighted by Crippen LogP contribution is 2.26. The van der Waals surface area contributed by atoms with Gasteiger partial charge in [0.05, 0.1) is 12.1 Å². The van der Waals surface area contributed by atoms with Crippen LogP contribution in [-0.2, 0) is 10.5 Å². The lowest BCUT2D eigenvalue weighted by atomic mass is 10.2. The lowest BCUT2D eigenvalue weighted by Gasteiger charge is -2.10. The van der Waals surface area contributed by atoms with E-state index in [1.807, 2.05) is 6.07 Å². The lowest BCUT2D eigenvalue weighted by Crippen LogP contribution is -2.29. The molecule has 0 aliphatic carbocycles. The number of aliphatic hydroxyl groups is 1. The summed E-state index contributed by atoms with van der Waals surface area (Å²) >= 11 is 7.32. The third kappa shape index (κ3) is 8.14. The summed E-state index contributed by atoms with van der Waals surface area (Å²) in [5, 5.41) is 18.5. The maximum atomic E-state index is 12.8. The number of rotatable bonds is 11. The van der Waals surface area contributed by atoms with E-state index < -0.39 is 0 Å². The van der Waals surface area contributed by atoms with Gasteiger partial charge in [-0.05, 0) is 67.1 Å². The van der Waals surface area contributed by atoms with Crippen LogP contribution < -0.4 is 16.0 Å². The molecule has 0 saturated heterocycles. The predicted octanol–water partition coefficient (Wildman–Crippen LogP) is 3.59. The Morgan fingerprint density at radius 2 is 1.85 bits per heavy atom. The van der Waals surface area contributed by atoms with Crippen LogP contribution in [0.2, 0.25) is 5.02 Å². The average molecular weight is 486 g/mol. The third-order valence-electron chi connectivity index (χ3n) is 4.38. The number of amides is 2. The highest BCUT2D eigenvalue weighted by atomic mass is 35.5. The molecule has 2 aromatic heterocycles. The van der Waals surface area contributed by atoms with Gasteiger partial charge in [0.1, 0.15) is 10.8 Å². The number of thioether (sulfide) groups is 1. The number of hydrogen-bond donors (Lipinski definition) is 4. The van der Waals surface area contributed by atoms with Crippen molar-refractivity contribution in [3.63, 3.8) is 0 Å². The molecule has 0 unspecified atom stereocenters. The first-order valence-electron chi connectivity index (χ1n) is 10.3. The van der Waals surface area contributed by atoms with Gasteiger partial charge in [-0.1, -0.05) is 11.6 Å². The quantitative estimate of drug-likeness (QED) is 0.242. The van der Waals surface area contributed by atoms with Crippen LogP contribution >= 0.6 is 23.4 Å². The molecule has 0 fully saturated rings. The highest BCUT2D eigenvalue weighted by molar-refractivity contribution is 7.98. The van der Waals surface area contributed by atoms with Crippen LogP contribution in [0.25, 0.3) is 0 Å². The number of nitrogens with one attached hydrogen (secondary N) is 3. The molecule has 10 heteroatoms. The van der Waals surface area contributed by atoms with Gasteiger partial charge in [0.25, 0.3) is 5.91 Å². The first-order valence-corrected chi connectivity index (χ1v) is 11.6. The van der Waals surface area contributed by atoms with Gasteiger partial charge < -0.3 is 21.1 Å². The van der Waals surface area contributed by atoms with Crippen molar-refractivity contribution in [1.82, 2.24) is 15.3 Å². The second kappa shape index (κ2) is 12.9. The molecule has 0 bridgehead atoms. The minimum absolute atomic E-state index is 0.0800. The average Bonchev–Trinajstić information content (AvgIpc) is 2.82. The van der Waals surface area contributed by atoms with E-state index in [1.54, 1.807) is 54.9 Å². The van der Waals surface area contributed by atoms with Gasteiger partial charge in [-0.2, -0.15) is 0 Å². The Kier molecular flexibility index (Phi) is 9.64. The fraction of sp³-hybridized carbons (Fsp3) is 0.217. The molecule has 4 N–H and O–H groups in total. The van der Waals surface area contributed by atoms with Crippen molar-refractivity contribution in [2.75, 3.05) is 30.3 Å². The first-order chi connectivity index (χ1) is 16.0. The van der Waals surface area contributed by atoms with E-state index in [9.17, 15) is 9.59 Å². The second-order valence-corrected chi connectivity index (χ2v) is 8.36. The topological polar surface area (TPSA) is 116 Å². The van der Waals surface area contributed by atoms with Crippen LogP contribution in [-0.4, -0.2) is 46.6 Å². The number of benzene rings is 1. The molecule has 0 radical (unpaired) electrons. The molecule has 1 aromatic carbocycles. The van der Waals surface area contributed by atoms with E-state index in [2.05, 4.69) is 25.9 Å². The van der Waals surface area contributed by atoms with Crippen LogP contribution in [0, 0.1) is 0 Å². The van der Waals surface area contributed by atoms with Gasteiger partial charge in [-0.3, -0.25) is 9.59 Å². The van der Waals surface area contributed by atoms with Crippen molar-refractivity contribution in [2.45, 2.75) is 17.2 Å². The fourth-order valence-corrected chi connectivity index (χ4v) is 3.85. The van der Waals surface area contributed by atoms with Gasteiger partial charge >= 0.3 is 0 Å². The number of carbonyl (C=O) groups is 2. The lowest BCUT2D eigenvalue weighted by molar-refractivity contribution is -0.115. The zero-order chi connectivity index (χ0) is 23.5. The minimum atomic E-state index is -0.260. The van der Waals surface area contributed by atoms with Crippen molar-refractivity contribution in [2.24, 2.45) is 0 Å². The van der Waals surface area contributed by atoms with Crippen LogP contribution in [0.15, 0.2) is 66.0 Å². The Morgan fingerprint density at radius 1 is 1.03 bits per heavy atom. The van der Waals surface area contributed by atoms with E-state index in [1.165, 1.54) is 11.8 Å². The first kappa shape index (κ1) is 24.7. The fourth-order valence-electron chi connectivity index (χ4n) is 2.79. The Hall–Kier alpha value is -2.98. The number of carbonyl (C=O) groups excluding carboxylic acids is 2. The number of hydrogen-bond acceptors (Lipinski definition) is 7. The number of pyridine rings is 2. The standard InChI is InChI=1S/C23H24ClN5O3S/c24-17-4-6-18(7-5-17)28-22(32)19-3-1-10-27-23(19)33-15-16-8-11-26-20(13-16)29-21(31)14-25-9-2-12-30/h1,3-8,10-11,13,25,30H,2,9,12,14-15H2,(H,28,32)(H,26,29,31). The highest BCUT2D eigenvalue weighted by Gasteiger charge is 2.14. The molecule has 0 spiro atoms. The summed E-state index contributed by atoms with van der Waals surface area (Å²) in [5.74, 6) is 0.516. The van der Waals surface area contributed by atoms with Gasteiger partial charge in [0.15, 0.2) is 0 Å². The van der Waals surface area contributed by atoms with Crippen LogP contribution in [0.5, 0.6) is 0 Å². The molecule has 33 heavy (non-hydrogen) atoms. The summed E-state index contributed by atoms with van der Waals surface area (Å²) in [6, 6.07) is 14.0. The monoisotopic (exact) mass is 485 g/mol.